The number of hydrogen-bond acceptors (Lipinski definition) is 5. The number of fused-ring (bicyclic) bond motifs is 2. The van der Waals surface area contributed by atoms with E-state index in [1.54, 1.807) is 6.07 Å². The van der Waals surface area contributed by atoms with Gasteiger partial charge in [-0.2, -0.15) is 0 Å². The molecule has 124 valence electrons. The number of carbonyl (C=O) groups is 2. The molecule has 0 N–H and O–H groups in total. The zero-order valence-electron chi connectivity index (χ0n) is 13.3. The van der Waals surface area contributed by atoms with E-state index in [4.69, 9.17) is 14.2 Å². The van der Waals surface area contributed by atoms with Crippen molar-refractivity contribution in [2.75, 3.05) is 13.9 Å². The van der Waals surface area contributed by atoms with Gasteiger partial charge in [0.05, 0.1) is 12.7 Å². The maximum Gasteiger partial charge on any atom is 0.339 e. The average molecular weight is 327 g/mol. The number of nitrogens with zero attached hydrogens (tertiary/aromatic N) is 1. The molecular weight excluding hydrogens is 310 g/mol. The normalized spacial score (nSPS) is 15.0. The molecule has 0 radical (unpaired) electrons. The molecule has 0 saturated carbocycles. The Balaban J connectivity index is 1.92. The van der Waals surface area contributed by atoms with Gasteiger partial charge in [0.2, 0.25) is 6.79 Å². The van der Waals surface area contributed by atoms with E-state index in [0.717, 1.165) is 49.0 Å². The molecule has 0 aliphatic carbocycles. The minimum Gasteiger partial charge on any atom is -0.465 e. The van der Waals surface area contributed by atoms with Crippen molar-refractivity contribution in [1.29, 1.82) is 0 Å². The third-order valence-corrected chi connectivity index (χ3v) is 4.61. The number of hydrogen-bond donors (Lipinski definition) is 0. The predicted octanol–water partition coefficient (Wildman–Crippen LogP) is 2.82. The average Bonchev–Trinajstić information content (AvgIpc) is 3.23. The summed E-state index contributed by atoms with van der Waals surface area (Å²) >= 11 is 0. The van der Waals surface area contributed by atoms with Gasteiger partial charge in [-0.05, 0) is 37.5 Å². The van der Waals surface area contributed by atoms with Crippen LogP contribution in [0.25, 0.3) is 11.3 Å². The van der Waals surface area contributed by atoms with Gasteiger partial charge in [0.1, 0.15) is 0 Å². The number of aromatic nitrogens is 1. The Labute approximate surface area is 138 Å². The zero-order chi connectivity index (χ0) is 16.7. The summed E-state index contributed by atoms with van der Waals surface area (Å²) in [6, 6.07) is 5.31. The first-order chi connectivity index (χ1) is 11.7. The smallest absolute Gasteiger partial charge is 0.339 e. The molecular formula is C18H17NO5. The van der Waals surface area contributed by atoms with E-state index in [2.05, 4.69) is 4.57 Å². The number of ether oxygens (including phenoxy) is 3. The van der Waals surface area contributed by atoms with Gasteiger partial charge in [-0.15, -0.1) is 0 Å². The number of methoxy groups -OCH3 is 1. The third kappa shape index (κ3) is 2.18. The van der Waals surface area contributed by atoms with Crippen molar-refractivity contribution in [2.45, 2.75) is 25.8 Å². The highest BCUT2D eigenvalue weighted by Crippen LogP contribution is 2.40. The molecule has 4 rings (SSSR count). The molecule has 0 bridgehead atoms. The Hall–Kier alpha value is -2.76. The van der Waals surface area contributed by atoms with Crippen molar-refractivity contribution in [3.63, 3.8) is 0 Å². The number of benzene rings is 1. The topological polar surface area (TPSA) is 66.8 Å². The van der Waals surface area contributed by atoms with Crippen LogP contribution in [0.1, 0.15) is 39.3 Å². The molecule has 3 heterocycles. The van der Waals surface area contributed by atoms with E-state index < -0.39 is 0 Å². The molecule has 0 amide bonds. The van der Waals surface area contributed by atoms with E-state index >= 15 is 0 Å². The van der Waals surface area contributed by atoms with Crippen LogP contribution in [0.3, 0.4) is 0 Å². The first-order valence-corrected chi connectivity index (χ1v) is 7.93. The Morgan fingerprint density at radius 3 is 2.75 bits per heavy atom. The maximum absolute atomic E-state index is 12.1. The summed E-state index contributed by atoms with van der Waals surface area (Å²) in [7, 11) is 1.38. The van der Waals surface area contributed by atoms with Gasteiger partial charge >= 0.3 is 5.97 Å². The van der Waals surface area contributed by atoms with E-state index in [1.807, 2.05) is 12.1 Å². The molecule has 0 spiro atoms. The first-order valence-electron chi connectivity index (χ1n) is 7.93. The summed E-state index contributed by atoms with van der Waals surface area (Å²) in [5, 5.41) is 0. The van der Waals surface area contributed by atoms with Crippen LogP contribution in [0.5, 0.6) is 11.5 Å². The molecule has 2 aliphatic heterocycles. The van der Waals surface area contributed by atoms with Crippen LogP contribution >= 0.6 is 0 Å². The molecule has 1 aromatic carbocycles. The minimum absolute atomic E-state index is 0.150. The fourth-order valence-corrected chi connectivity index (χ4v) is 3.46. The summed E-state index contributed by atoms with van der Waals surface area (Å²) in [4.78, 5) is 23.7. The fourth-order valence-electron chi connectivity index (χ4n) is 3.46. The summed E-state index contributed by atoms with van der Waals surface area (Å²) in [6.45, 7) is 0.963. The third-order valence-electron chi connectivity index (χ3n) is 4.61. The molecule has 6 heteroatoms. The maximum atomic E-state index is 12.1. The summed E-state index contributed by atoms with van der Waals surface area (Å²) in [5.41, 5.74) is 3.64. The monoisotopic (exact) mass is 327 g/mol. The quantitative estimate of drug-likeness (QED) is 0.640. The molecule has 1 aromatic heterocycles. The van der Waals surface area contributed by atoms with Gasteiger partial charge in [0.15, 0.2) is 17.8 Å². The molecule has 0 saturated heterocycles. The van der Waals surface area contributed by atoms with Crippen molar-refractivity contribution in [2.24, 2.45) is 0 Å². The summed E-state index contributed by atoms with van der Waals surface area (Å²) in [5.74, 6) is 0.835. The van der Waals surface area contributed by atoms with Crippen molar-refractivity contribution in [3.8, 4) is 22.8 Å². The van der Waals surface area contributed by atoms with E-state index in [0.29, 0.717) is 22.6 Å². The number of rotatable bonds is 3. The second-order valence-corrected chi connectivity index (χ2v) is 5.90. The molecule has 6 nitrogen and oxygen atoms in total. The molecule has 0 atom stereocenters. The van der Waals surface area contributed by atoms with Gasteiger partial charge in [0.25, 0.3) is 0 Å². The molecule has 2 aliphatic rings. The van der Waals surface area contributed by atoms with Crippen LogP contribution in [0.15, 0.2) is 18.2 Å². The highest BCUT2D eigenvalue weighted by Gasteiger charge is 2.26. The molecule has 2 aromatic rings. The Kier molecular flexibility index (Phi) is 3.52. The van der Waals surface area contributed by atoms with Gasteiger partial charge in [0, 0.05) is 29.1 Å². The first kappa shape index (κ1) is 14.8. The van der Waals surface area contributed by atoms with Crippen molar-refractivity contribution < 1.29 is 23.8 Å². The standard InChI is InChI=1S/C18H17NO5/c1-22-18(21)13-7-15(19-5-3-2-4-14(13)19)12-8-17-16(23-10-24-17)6-11(12)9-20/h6-9H,2-5,10H2,1H3. The zero-order valence-corrected chi connectivity index (χ0v) is 13.3. The Morgan fingerprint density at radius 1 is 1.21 bits per heavy atom. The van der Waals surface area contributed by atoms with E-state index in [9.17, 15) is 9.59 Å². The van der Waals surface area contributed by atoms with Crippen molar-refractivity contribution in [1.82, 2.24) is 4.57 Å². The van der Waals surface area contributed by atoms with Crippen LogP contribution in [-0.4, -0.2) is 30.7 Å². The number of esters is 1. The summed E-state index contributed by atoms with van der Waals surface area (Å²) < 4.78 is 17.8. The van der Waals surface area contributed by atoms with E-state index in [1.165, 1.54) is 7.11 Å². The number of carbonyl (C=O) groups excluding carboxylic acids is 2. The molecule has 0 fully saturated rings. The van der Waals surface area contributed by atoms with Crippen LogP contribution in [0.2, 0.25) is 0 Å². The van der Waals surface area contributed by atoms with Crippen LogP contribution in [-0.2, 0) is 17.7 Å². The minimum atomic E-state index is -0.347. The van der Waals surface area contributed by atoms with Crippen molar-refractivity contribution in [3.05, 3.63) is 35.0 Å². The molecule has 24 heavy (non-hydrogen) atoms. The van der Waals surface area contributed by atoms with Crippen LogP contribution in [0, 0.1) is 0 Å². The largest absolute Gasteiger partial charge is 0.465 e. The van der Waals surface area contributed by atoms with E-state index in [-0.39, 0.29) is 12.8 Å². The Morgan fingerprint density at radius 2 is 2.00 bits per heavy atom. The predicted molar refractivity (Wildman–Crippen MR) is 85.7 cm³/mol. The highest BCUT2D eigenvalue weighted by atomic mass is 16.7. The van der Waals surface area contributed by atoms with Crippen LogP contribution < -0.4 is 9.47 Å². The lowest BCUT2D eigenvalue weighted by molar-refractivity contribution is 0.0599. The van der Waals surface area contributed by atoms with Gasteiger partial charge in [-0.25, -0.2) is 4.79 Å². The lowest BCUT2D eigenvalue weighted by atomic mass is 10.0. The second kappa shape index (κ2) is 5.70. The second-order valence-electron chi connectivity index (χ2n) is 5.90. The number of aldehydes is 1. The van der Waals surface area contributed by atoms with Crippen LogP contribution in [0.4, 0.5) is 0 Å². The fraction of sp³-hybridized carbons (Fsp3) is 0.333. The van der Waals surface area contributed by atoms with Crippen molar-refractivity contribution >= 4 is 12.3 Å². The highest BCUT2D eigenvalue weighted by molar-refractivity contribution is 5.95. The Bertz CT molecular complexity index is 836. The SMILES string of the molecule is COC(=O)c1cc(-c2cc3c(cc2C=O)OCO3)n2c1CCCC2. The lowest BCUT2D eigenvalue weighted by Crippen LogP contribution is -2.14. The molecule has 0 unspecified atom stereocenters. The summed E-state index contributed by atoms with van der Waals surface area (Å²) in [6.07, 6.45) is 3.70. The van der Waals surface area contributed by atoms with Gasteiger partial charge in [-0.3, -0.25) is 4.79 Å². The lowest BCUT2D eigenvalue weighted by Gasteiger charge is -2.19. The van der Waals surface area contributed by atoms with Gasteiger partial charge in [-0.1, -0.05) is 0 Å². The van der Waals surface area contributed by atoms with Gasteiger partial charge < -0.3 is 18.8 Å².